The Morgan fingerprint density at radius 2 is 0.765 bits per heavy atom. The quantitative estimate of drug-likeness (QED) is 0.0859. The summed E-state index contributed by atoms with van der Waals surface area (Å²) in [6.07, 6.45) is 29.0. The van der Waals surface area contributed by atoms with Gasteiger partial charge in [0.25, 0.3) is 10.1 Å². The van der Waals surface area contributed by atoms with E-state index in [4.69, 9.17) is 4.55 Å². The van der Waals surface area contributed by atoms with Crippen molar-refractivity contribution in [2.24, 2.45) is 0 Å². The van der Waals surface area contributed by atoms with Gasteiger partial charge in [0.05, 0.1) is 11.5 Å². The van der Waals surface area contributed by atoms with Crippen LogP contribution < -0.4 is 4.72 Å². The minimum absolute atomic E-state index is 0.326. The number of rotatable bonds is 27. The van der Waals surface area contributed by atoms with E-state index in [9.17, 15) is 16.8 Å². The van der Waals surface area contributed by atoms with E-state index in [1.807, 2.05) is 0 Å². The Kier molecular flexibility index (Phi) is 23.1. The predicted octanol–water partition coefficient (Wildman–Crippen LogP) is 7.40. The van der Waals surface area contributed by atoms with E-state index in [1.54, 1.807) is 0 Å². The Balaban J connectivity index is 3.22. The average Bonchev–Trinajstić information content (AvgIpc) is 2.78. The number of sulfonamides is 1. The summed E-state index contributed by atoms with van der Waals surface area (Å²) >= 11 is 0. The molecule has 0 rings (SSSR count). The molecule has 0 fully saturated rings. The zero-order chi connectivity index (χ0) is 25.4. The van der Waals surface area contributed by atoms with Gasteiger partial charge in [0.15, 0.2) is 0 Å². The van der Waals surface area contributed by atoms with Gasteiger partial charge in [-0.1, -0.05) is 142 Å². The van der Waals surface area contributed by atoms with Crippen molar-refractivity contribution in [3.8, 4) is 0 Å². The number of hydrogen-bond donors (Lipinski definition) is 2. The molecule has 0 radical (unpaired) electrons. The average molecular weight is 526 g/mol. The summed E-state index contributed by atoms with van der Waals surface area (Å²) in [6.45, 7) is 2.60. The molecule has 206 valence electrons. The molecule has 0 heterocycles. The Bertz CT molecular complexity index is 636. The van der Waals surface area contributed by atoms with Gasteiger partial charge in [0.1, 0.15) is 0 Å². The Morgan fingerprint density at radius 1 is 0.471 bits per heavy atom. The summed E-state index contributed by atoms with van der Waals surface area (Å²) in [7, 11) is -7.87. The van der Waals surface area contributed by atoms with Gasteiger partial charge in [-0.05, 0) is 6.42 Å². The lowest BCUT2D eigenvalue weighted by Gasteiger charge is -2.06. The fourth-order valence-corrected chi connectivity index (χ4v) is 6.57. The fraction of sp³-hybridized carbons (Fsp3) is 1.00. The minimum Gasteiger partial charge on any atom is -0.286 e. The molecule has 0 unspecified atom stereocenters. The molecule has 0 aromatic rings. The monoisotopic (exact) mass is 525 g/mol. The molecule has 0 bridgehead atoms. The first-order chi connectivity index (χ1) is 16.3. The fourth-order valence-electron chi connectivity index (χ4n) is 4.25. The first-order valence-electron chi connectivity index (χ1n) is 14.2. The first kappa shape index (κ1) is 33.8. The molecular formula is C26H55NO5S2. The molecule has 6 nitrogen and oxygen atoms in total. The first-order valence-corrected chi connectivity index (χ1v) is 17.5. The molecular weight excluding hydrogens is 470 g/mol. The molecule has 0 spiro atoms. The number of hydrogen-bond acceptors (Lipinski definition) is 4. The van der Waals surface area contributed by atoms with Crippen LogP contribution in [-0.4, -0.2) is 39.4 Å². The van der Waals surface area contributed by atoms with E-state index in [0.29, 0.717) is 6.54 Å². The zero-order valence-corrected chi connectivity index (χ0v) is 23.7. The zero-order valence-electron chi connectivity index (χ0n) is 22.1. The third-order valence-corrected chi connectivity index (χ3v) is 8.83. The molecule has 0 aromatic heterocycles. The van der Waals surface area contributed by atoms with Crippen LogP contribution in [0.1, 0.15) is 148 Å². The van der Waals surface area contributed by atoms with Crippen molar-refractivity contribution in [3.05, 3.63) is 0 Å². The van der Waals surface area contributed by atoms with Crippen LogP contribution in [0.2, 0.25) is 0 Å². The van der Waals surface area contributed by atoms with E-state index in [-0.39, 0.29) is 0 Å². The maximum Gasteiger partial charge on any atom is 0.265 e. The van der Waals surface area contributed by atoms with Gasteiger partial charge < -0.3 is 0 Å². The third kappa shape index (κ3) is 28.1. The predicted molar refractivity (Wildman–Crippen MR) is 145 cm³/mol. The van der Waals surface area contributed by atoms with E-state index in [0.717, 1.165) is 19.3 Å². The Labute approximate surface area is 212 Å². The smallest absolute Gasteiger partial charge is 0.265 e. The molecule has 0 aliphatic rings. The summed E-state index contributed by atoms with van der Waals surface area (Å²) in [5.41, 5.74) is 0. The van der Waals surface area contributed by atoms with Crippen LogP contribution in [0.3, 0.4) is 0 Å². The highest BCUT2D eigenvalue weighted by molar-refractivity contribution is 7.91. The van der Waals surface area contributed by atoms with Crippen LogP contribution in [0.4, 0.5) is 0 Å². The Morgan fingerprint density at radius 3 is 1.06 bits per heavy atom. The minimum atomic E-state index is -4.24. The normalized spacial score (nSPS) is 12.4. The van der Waals surface area contributed by atoms with Gasteiger partial charge in [0.2, 0.25) is 10.0 Å². The number of unbranched alkanes of at least 4 members (excludes halogenated alkanes) is 21. The molecule has 0 aliphatic heterocycles. The van der Waals surface area contributed by atoms with Crippen LogP contribution in [0.5, 0.6) is 0 Å². The van der Waals surface area contributed by atoms with Crippen molar-refractivity contribution < 1.29 is 21.4 Å². The molecule has 0 aliphatic carbocycles. The molecule has 2 N–H and O–H groups in total. The third-order valence-electron chi connectivity index (χ3n) is 6.46. The molecule has 0 saturated carbocycles. The van der Waals surface area contributed by atoms with E-state index >= 15 is 0 Å². The lowest BCUT2D eigenvalue weighted by molar-refractivity contribution is 0.483. The molecule has 0 atom stereocenters. The highest BCUT2D eigenvalue weighted by Gasteiger charge is 2.14. The van der Waals surface area contributed by atoms with Crippen molar-refractivity contribution in [3.63, 3.8) is 0 Å². The molecule has 8 heteroatoms. The van der Waals surface area contributed by atoms with E-state index in [2.05, 4.69) is 11.6 Å². The standard InChI is InChI=1S/C26H55NO5S2/c1-2-3-4-5-6-7-8-9-10-11-12-13-14-15-16-17-18-19-20-21-22-23-24-27-33(28,29)25-26-34(30,31)32/h27H,2-26H2,1H3,(H,30,31,32). The van der Waals surface area contributed by atoms with E-state index < -0.39 is 31.6 Å². The van der Waals surface area contributed by atoms with Crippen LogP contribution in [0, 0.1) is 0 Å². The van der Waals surface area contributed by atoms with Crippen LogP contribution in [0.15, 0.2) is 0 Å². The molecule has 34 heavy (non-hydrogen) atoms. The summed E-state index contributed by atoms with van der Waals surface area (Å²) in [4.78, 5) is 0. The van der Waals surface area contributed by atoms with Gasteiger partial charge >= 0.3 is 0 Å². The van der Waals surface area contributed by atoms with E-state index in [1.165, 1.54) is 122 Å². The van der Waals surface area contributed by atoms with Gasteiger partial charge in [-0.15, -0.1) is 0 Å². The van der Waals surface area contributed by atoms with Gasteiger partial charge in [-0.2, -0.15) is 8.42 Å². The second-order valence-corrected chi connectivity index (χ2v) is 13.4. The van der Waals surface area contributed by atoms with Gasteiger partial charge in [0, 0.05) is 6.54 Å². The second-order valence-electron chi connectivity index (χ2n) is 9.92. The molecule has 0 saturated heterocycles. The maximum atomic E-state index is 11.6. The SMILES string of the molecule is CCCCCCCCCCCCCCCCCCCCCCCCNS(=O)(=O)CCS(=O)(=O)O. The van der Waals surface area contributed by atoms with Crippen molar-refractivity contribution in [1.82, 2.24) is 4.72 Å². The topological polar surface area (TPSA) is 101 Å². The summed E-state index contributed by atoms with van der Waals surface area (Å²) in [6, 6.07) is 0. The Hall–Kier alpha value is -0.180. The largest absolute Gasteiger partial charge is 0.286 e. The number of nitrogens with one attached hydrogen (secondary N) is 1. The van der Waals surface area contributed by atoms with Gasteiger partial charge in [-0.3, -0.25) is 4.55 Å². The van der Waals surface area contributed by atoms with Crippen molar-refractivity contribution >= 4 is 20.1 Å². The second kappa shape index (κ2) is 23.2. The lowest BCUT2D eigenvalue weighted by atomic mass is 10.0. The van der Waals surface area contributed by atoms with Crippen molar-refractivity contribution in [1.29, 1.82) is 0 Å². The van der Waals surface area contributed by atoms with Crippen LogP contribution in [0.25, 0.3) is 0 Å². The highest BCUT2D eigenvalue weighted by Crippen LogP contribution is 2.15. The van der Waals surface area contributed by atoms with Gasteiger partial charge in [-0.25, -0.2) is 13.1 Å². The lowest BCUT2D eigenvalue weighted by Crippen LogP contribution is -2.30. The summed E-state index contributed by atoms with van der Waals surface area (Å²) in [5, 5.41) is 0. The molecule has 0 amide bonds. The van der Waals surface area contributed by atoms with Crippen LogP contribution in [-0.2, 0) is 20.1 Å². The maximum absolute atomic E-state index is 11.6. The highest BCUT2D eigenvalue weighted by atomic mass is 32.2. The summed E-state index contributed by atoms with van der Waals surface area (Å²) < 4.78 is 55.5. The molecule has 0 aromatic carbocycles. The van der Waals surface area contributed by atoms with Crippen LogP contribution >= 0.6 is 0 Å². The van der Waals surface area contributed by atoms with Crippen molar-refractivity contribution in [2.45, 2.75) is 148 Å². The van der Waals surface area contributed by atoms with Crippen molar-refractivity contribution in [2.75, 3.05) is 18.1 Å². The summed E-state index contributed by atoms with van der Waals surface area (Å²) in [5.74, 6) is -1.35.